The highest BCUT2D eigenvalue weighted by Gasteiger charge is 2.13. The second-order valence-corrected chi connectivity index (χ2v) is 8.22. The Balaban J connectivity index is 1.48. The summed E-state index contributed by atoms with van der Waals surface area (Å²) in [4.78, 5) is 12.7. The van der Waals surface area contributed by atoms with Crippen molar-refractivity contribution in [1.29, 1.82) is 0 Å². The topological polar surface area (TPSA) is 69.5 Å². The molecule has 0 aliphatic rings. The number of azo groups is 1. The molecule has 0 heterocycles. The van der Waals surface area contributed by atoms with Gasteiger partial charge < -0.3 is 14.2 Å². The molecule has 6 heteroatoms. The molecule has 0 aliphatic carbocycles. The molecule has 4 aromatic rings. The summed E-state index contributed by atoms with van der Waals surface area (Å²) >= 11 is 0. The Bertz CT molecular complexity index is 1320. The molecule has 0 amide bonds. The van der Waals surface area contributed by atoms with E-state index in [1.165, 1.54) is 12.8 Å². The molecule has 6 nitrogen and oxygen atoms in total. The van der Waals surface area contributed by atoms with E-state index in [2.05, 4.69) is 17.2 Å². The van der Waals surface area contributed by atoms with Gasteiger partial charge in [-0.25, -0.2) is 4.79 Å². The summed E-state index contributed by atoms with van der Waals surface area (Å²) in [5.74, 6) is 1.57. The second kappa shape index (κ2) is 12.5. The molecule has 36 heavy (non-hydrogen) atoms. The smallest absolute Gasteiger partial charge is 0.343 e. The van der Waals surface area contributed by atoms with Crippen LogP contribution in [0.25, 0.3) is 10.8 Å². The van der Waals surface area contributed by atoms with Crippen molar-refractivity contribution in [3.05, 3.63) is 90.5 Å². The molecule has 4 aromatic carbocycles. The lowest BCUT2D eigenvalue weighted by Crippen LogP contribution is -2.08. The van der Waals surface area contributed by atoms with Gasteiger partial charge in [0.05, 0.1) is 30.2 Å². The average Bonchev–Trinajstić information content (AvgIpc) is 2.92. The van der Waals surface area contributed by atoms with Crippen LogP contribution in [-0.2, 0) is 0 Å². The van der Waals surface area contributed by atoms with E-state index < -0.39 is 5.97 Å². The van der Waals surface area contributed by atoms with Crippen LogP contribution < -0.4 is 14.2 Å². The SMILES string of the molecule is CCCCCOc1ccc(N=Nc2ccc(OC(=O)c3ccc(OCC)cc3)c3ccccc23)cc1. The predicted molar refractivity (Wildman–Crippen MR) is 142 cm³/mol. The minimum atomic E-state index is -0.436. The molecule has 0 radical (unpaired) electrons. The molecule has 0 unspecified atom stereocenters. The molecule has 0 aliphatic heterocycles. The van der Waals surface area contributed by atoms with Crippen molar-refractivity contribution in [3.63, 3.8) is 0 Å². The van der Waals surface area contributed by atoms with E-state index in [-0.39, 0.29) is 0 Å². The van der Waals surface area contributed by atoms with Crippen LogP contribution in [0.4, 0.5) is 11.4 Å². The third-order valence-electron chi connectivity index (χ3n) is 5.59. The van der Waals surface area contributed by atoms with Gasteiger partial charge in [-0.2, -0.15) is 5.11 Å². The Hall–Kier alpha value is -4.19. The number of hydrogen-bond acceptors (Lipinski definition) is 6. The van der Waals surface area contributed by atoms with Crippen LogP contribution in [0.3, 0.4) is 0 Å². The van der Waals surface area contributed by atoms with Gasteiger partial charge in [0.1, 0.15) is 17.2 Å². The Morgan fingerprint density at radius 1 is 0.722 bits per heavy atom. The number of ether oxygens (including phenoxy) is 3. The minimum absolute atomic E-state index is 0.436. The van der Waals surface area contributed by atoms with Gasteiger partial charge in [-0.3, -0.25) is 0 Å². The first-order valence-corrected chi connectivity index (χ1v) is 12.3. The zero-order valence-corrected chi connectivity index (χ0v) is 20.6. The van der Waals surface area contributed by atoms with Crippen LogP contribution in [0.5, 0.6) is 17.2 Å². The molecular weight excluding hydrogens is 452 g/mol. The van der Waals surface area contributed by atoms with Crippen molar-refractivity contribution in [2.24, 2.45) is 10.2 Å². The van der Waals surface area contributed by atoms with Gasteiger partial charge in [-0.15, -0.1) is 5.11 Å². The zero-order chi connectivity index (χ0) is 25.2. The predicted octanol–water partition coefficient (Wildman–Crippen LogP) is 8.44. The molecule has 0 atom stereocenters. The molecule has 0 spiro atoms. The monoisotopic (exact) mass is 482 g/mol. The summed E-state index contributed by atoms with van der Waals surface area (Å²) in [6.45, 7) is 5.37. The van der Waals surface area contributed by atoms with E-state index in [0.29, 0.717) is 29.4 Å². The first-order valence-electron chi connectivity index (χ1n) is 12.3. The molecule has 0 N–H and O–H groups in total. The largest absolute Gasteiger partial charge is 0.494 e. The van der Waals surface area contributed by atoms with E-state index in [1.54, 1.807) is 36.4 Å². The highest BCUT2D eigenvalue weighted by Crippen LogP contribution is 2.34. The third-order valence-corrected chi connectivity index (χ3v) is 5.59. The summed E-state index contributed by atoms with van der Waals surface area (Å²) in [5.41, 5.74) is 1.86. The van der Waals surface area contributed by atoms with Crippen molar-refractivity contribution in [2.75, 3.05) is 13.2 Å². The van der Waals surface area contributed by atoms with Gasteiger partial charge in [-0.05, 0) is 74.0 Å². The van der Waals surface area contributed by atoms with Crippen molar-refractivity contribution < 1.29 is 19.0 Å². The number of esters is 1. The summed E-state index contributed by atoms with van der Waals surface area (Å²) in [6.07, 6.45) is 3.39. The molecule has 0 bridgehead atoms. The van der Waals surface area contributed by atoms with Gasteiger partial charge in [0.2, 0.25) is 0 Å². The highest BCUT2D eigenvalue weighted by molar-refractivity contribution is 5.99. The van der Waals surface area contributed by atoms with Crippen molar-refractivity contribution in [1.82, 2.24) is 0 Å². The minimum Gasteiger partial charge on any atom is -0.494 e. The Kier molecular flexibility index (Phi) is 8.65. The van der Waals surface area contributed by atoms with Crippen molar-refractivity contribution in [2.45, 2.75) is 33.1 Å². The molecule has 4 rings (SSSR count). The summed E-state index contributed by atoms with van der Waals surface area (Å²) < 4.78 is 16.9. The molecular formula is C30H30N2O4. The third kappa shape index (κ3) is 6.48. The number of unbranched alkanes of at least 4 members (excludes halogenated alkanes) is 2. The maximum Gasteiger partial charge on any atom is 0.343 e. The number of nitrogens with zero attached hydrogens (tertiary/aromatic N) is 2. The van der Waals surface area contributed by atoms with Gasteiger partial charge in [-0.1, -0.05) is 44.0 Å². The maximum absolute atomic E-state index is 12.7. The quantitative estimate of drug-likeness (QED) is 0.0930. The summed E-state index contributed by atoms with van der Waals surface area (Å²) in [6, 6.07) is 25.7. The fourth-order valence-electron chi connectivity index (χ4n) is 3.71. The van der Waals surface area contributed by atoms with Gasteiger partial charge in [0.25, 0.3) is 0 Å². The number of benzene rings is 4. The molecule has 0 fully saturated rings. The van der Waals surface area contributed by atoms with Crippen LogP contribution in [0.15, 0.2) is 95.2 Å². The highest BCUT2D eigenvalue weighted by atomic mass is 16.5. The van der Waals surface area contributed by atoms with E-state index in [4.69, 9.17) is 14.2 Å². The number of carbonyl (C=O) groups excluding carboxylic acids is 1. The van der Waals surface area contributed by atoms with E-state index in [0.717, 1.165) is 35.2 Å². The lowest BCUT2D eigenvalue weighted by Gasteiger charge is -2.10. The van der Waals surface area contributed by atoms with E-state index in [1.807, 2.05) is 55.5 Å². The van der Waals surface area contributed by atoms with Crippen LogP contribution in [-0.4, -0.2) is 19.2 Å². The molecule has 0 saturated heterocycles. The number of carbonyl (C=O) groups is 1. The summed E-state index contributed by atoms with van der Waals surface area (Å²) in [5, 5.41) is 10.5. The average molecular weight is 483 g/mol. The second-order valence-electron chi connectivity index (χ2n) is 8.22. The fraction of sp³-hybridized carbons (Fsp3) is 0.233. The molecule has 184 valence electrons. The lowest BCUT2D eigenvalue weighted by atomic mass is 10.1. The lowest BCUT2D eigenvalue weighted by molar-refractivity contribution is 0.0737. The Morgan fingerprint density at radius 3 is 2.14 bits per heavy atom. The van der Waals surface area contributed by atoms with Crippen LogP contribution >= 0.6 is 0 Å². The van der Waals surface area contributed by atoms with Gasteiger partial charge in [0, 0.05) is 10.8 Å². The van der Waals surface area contributed by atoms with Gasteiger partial charge in [0.15, 0.2) is 0 Å². The van der Waals surface area contributed by atoms with Crippen molar-refractivity contribution >= 4 is 28.1 Å². The normalized spacial score (nSPS) is 11.1. The zero-order valence-electron chi connectivity index (χ0n) is 20.6. The van der Waals surface area contributed by atoms with E-state index >= 15 is 0 Å². The van der Waals surface area contributed by atoms with Crippen LogP contribution in [0, 0.1) is 0 Å². The number of rotatable bonds is 11. The maximum atomic E-state index is 12.7. The standard InChI is InChI=1S/C30H30N2O4/c1-3-5-8-21-35-25-17-13-23(14-18-25)31-32-28-19-20-29(27-10-7-6-9-26(27)28)36-30(33)22-11-15-24(16-12-22)34-4-2/h6-7,9-20H,3-5,8,21H2,1-2H3. The Morgan fingerprint density at radius 2 is 1.42 bits per heavy atom. The first kappa shape index (κ1) is 24.9. The van der Waals surface area contributed by atoms with Crippen LogP contribution in [0.2, 0.25) is 0 Å². The van der Waals surface area contributed by atoms with Gasteiger partial charge >= 0.3 is 5.97 Å². The van der Waals surface area contributed by atoms with Crippen LogP contribution in [0.1, 0.15) is 43.5 Å². The molecule has 0 aromatic heterocycles. The Labute approximate surface area is 211 Å². The fourth-order valence-corrected chi connectivity index (χ4v) is 3.71. The number of hydrogen-bond donors (Lipinski definition) is 0. The summed E-state index contributed by atoms with van der Waals surface area (Å²) in [7, 11) is 0. The van der Waals surface area contributed by atoms with Crippen molar-refractivity contribution in [3.8, 4) is 17.2 Å². The number of fused-ring (bicyclic) bond motifs is 1. The first-order chi connectivity index (χ1) is 17.7. The molecule has 0 saturated carbocycles. The van der Waals surface area contributed by atoms with E-state index in [9.17, 15) is 4.79 Å².